The predicted octanol–water partition coefficient (Wildman–Crippen LogP) is 3.32. The summed E-state index contributed by atoms with van der Waals surface area (Å²) in [5.74, 6) is 0.530. The maximum absolute atomic E-state index is 11.7. The van der Waals surface area contributed by atoms with E-state index in [0.29, 0.717) is 28.1 Å². The Labute approximate surface area is 161 Å². The highest BCUT2D eigenvalue weighted by atomic mass is 32.1. The summed E-state index contributed by atoms with van der Waals surface area (Å²) >= 11 is 5.30. The van der Waals surface area contributed by atoms with E-state index in [4.69, 9.17) is 21.5 Å². The summed E-state index contributed by atoms with van der Waals surface area (Å²) in [5.41, 5.74) is 2.98. The summed E-state index contributed by atoms with van der Waals surface area (Å²) in [7, 11) is 1.34. The van der Waals surface area contributed by atoms with E-state index >= 15 is 0 Å². The van der Waals surface area contributed by atoms with Gasteiger partial charge in [-0.15, -0.1) is 0 Å². The Hall–Kier alpha value is -3.26. The lowest BCUT2D eigenvalue weighted by atomic mass is 10.1. The van der Waals surface area contributed by atoms with E-state index < -0.39 is 5.97 Å². The number of methoxy groups -OCH3 is 1. The molecule has 0 atom stereocenters. The van der Waals surface area contributed by atoms with E-state index in [2.05, 4.69) is 20.8 Å². The van der Waals surface area contributed by atoms with E-state index in [1.165, 1.54) is 7.11 Å². The minimum absolute atomic E-state index is 0.279. The Morgan fingerprint density at radius 3 is 2.74 bits per heavy atom. The van der Waals surface area contributed by atoms with E-state index in [-0.39, 0.29) is 6.54 Å². The van der Waals surface area contributed by atoms with Crippen LogP contribution in [0.5, 0.6) is 0 Å². The van der Waals surface area contributed by atoms with Crippen LogP contribution in [-0.4, -0.2) is 28.3 Å². The second kappa shape index (κ2) is 8.41. The maximum atomic E-state index is 11.7. The van der Waals surface area contributed by atoms with E-state index in [9.17, 15) is 4.79 Å². The van der Waals surface area contributed by atoms with Gasteiger partial charge in [0.2, 0.25) is 11.7 Å². The number of ether oxygens (including phenoxy) is 1. The molecule has 0 saturated heterocycles. The van der Waals surface area contributed by atoms with Crippen molar-refractivity contribution in [2.24, 2.45) is 0 Å². The van der Waals surface area contributed by atoms with Crippen LogP contribution in [0, 0.1) is 6.92 Å². The molecule has 0 unspecified atom stereocenters. The molecule has 27 heavy (non-hydrogen) atoms. The smallest absolute Gasteiger partial charge is 0.337 e. The Morgan fingerprint density at radius 2 is 2.00 bits per heavy atom. The van der Waals surface area contributed by atoms with Gasteiger partial charge in [-0.2, -0.15) is 4.98 Å². The first-order valence-corrected chi connectivity index (χ1v) is 8.59. The summed E-state index contributed by atoms with van der Waals surface area (Å²) in [6.45, 7) is 2.19. The fraction of sp³-hybridized carbons (Fsp3) is 0.158. The van der Waals surface area contributed by atoms with Crippen molar-refractivity contribution < 1.29 is 14.1 Å². The summed E-state index contributed by atoms with van der Waals surface area (Å²) in [6.07, 6.45) is 0. The number of carbonyl (C=O) groups is 1. The quantitative estimate of drug-likeness (QED) is 0.513. The molecule has 0 spiro atoms. The van der Waals surface area contributed by atoms with Crippen LogP contribution in [0.1, 0.15) is 21.8 Å². The average molecular weight is 382 g/mol. The van der Waals surface area contributed by atoms with Gasteiger partial charge in [-0.3, -0.25) is 0 Å². The number of nitrogens with zero attached hydrogens (tertiary/aromatic N) is 2. The van der Waals surface area contributed by atoms with Crippen molar-refractivity contribution >= 4 is 29.0 Å². The fourth-order valence-corrected chi connectivity index (χ4v) is 2.54. The molecular weight excluding hydrogens is 364 g/mol. The van der Waals surface area contributed by atoms with Gasteiger partial charge in [0.15, 0.2) is 5.11 Å². The number of hydrogen-bond donors (Lipinski definition) is 2. The molecule has 0 amide bonds. The molecule has 0 fully saturated rings. The van der Waals surface area contributed by atoms with E-state index in [0.717, 1.165) is 11.1 Å². The van der Waals surface area contributed by atoms with Crippen molar-refractivity contribution in [3.05, 3.63) is 65.5 Å². The Balaban J connectivity index is 1.61. The van der Waals surface area contributed by atoms with Crippen molar-refractivity contribution in [1.82, 2.24) is 15.5 Å². The molecular formula is C19H18N4O3S. The number of aromatic nitrogens is 2. The molecule has 0 aliphatic rings. The molecule has 0 aliphatic heterocycles. The minimum atomic E-state index is -0.406. The molecule has 138 valence electrons. The maximum Gasteiger partial charge on any atom is 0.337 e. The lowest BCUT2D eigenvalue weighted by molar-refractivity contribution is 0.0601. The van der Waals surface area contributed by atoms with Crippen LogP contribution < -0.4 is 10.6 Å². The molecule has 0 bridgehead atoms. The van der Waals surface area contributed by atoms with Gasteiger partial charge < -0.3 is 19.9 Å². The molecule has 7 nitrogen and oxygen atoms in total. The topological polar surface area (TPSA) is 89.3 Å². The van der Waals surface area contributed by atoms with Gasteiger partial charge >= 0.3 is 5.97 Å². The number of rotatable bonds is 5. The zero-order valence-electron chi connectivity index (χ0n) is 14.9. The summed E-state index contributed by atoms with van der Waals surface area (Å²) < 4.78 is 9.97. The number of benzene rings is 2. The first kappa shape index (κ1) is 18.5. The highest BCUT2D eigenvalue weighted by molar-refractivity contribution is 7.80. The average Bonchev–Trinajstić information content (AvgIpc) is 3.17. The van der Waals surface area contributed by atoms with Crippen molar-refractivity contribution in [1.29, 1.82) is 0 Å². The second-order valence-corrected chi connectivity index (χ2v) is 6.11. The van der Waals surface area contributed by atoms with Crippen LogP contribution in [0.3, 0.4) is 0 Å². The number of aryl methyl sites for hydroxylation is 1. The van der Waals surface area contributed by atoms with Crippen LogP contribution >= 0.6 is 12.2 Å². The van der Waals surface area contributed by atoms with Crippen molar-refractivity contribution in [2.45, 2.75) is 13.5 Å². The SMILES string of the molecule is COC(=O)c1ccc(C)c(NC(=S)NCc2nc(-c3ccccc3)no2)c1. The van der Waals surface area contributed by atoms with Gasteiger partial charge in [-0.25, -0.2) is 4.79 Å². The lowest BCUT2D eigenvalue weighted by Gasteiger charge is -2.12. The van der Waals surface area contributed by atoms with Gasteiger partial charge in [-0.05, 0) is 36.8 Å². The third kappa shape index (κ3) is 4.68. The highest BCUT2D eigenvalue weighted by Gasteiger charge is 2.11. The van der Waals surface area contributed by atoms with E-state index in [1.54, 1.807) is 12.1 Å². The third-order valence-electron chi connectivity index (χ3n) is 3.81. The van der Waals surface area contributed by atoms with Crippen LogP contribution in [-0.2, 0) is 11.3 Å². The molecule has 0 saturated carbocycles. The summed E-state index contributed by atoms with van der Waals surface area (Å²) in [5, 5.41) is 10.4. The van der Waals surface area contributed by atoms with Gasteiger partial charge in [-0.1, -0.05) is 41.6 Å². The van der Waals surface area contributed by atoms with Crippen LogP contribution in [0.2, 0.25) is 0 Å². The number of carbonyl (C=O) groups excluding carboxylic acids is 1. The fourth-order valence-electron chi connectivity index (χ4n) is 2.36. The van der Waals surface area contributed by atoms with E-state index in [1.807, 2.05) is 43.3 Å². The molecule has 1 aromatic heterocycles. The number of hydrogen-bond acceptors (Lipinski definition) is 6. The molecule has 8 heteroatoms. The molecule has 1 heterocycles. The molecule has 2 aromatic carbocycles. The van der Waals surface area contributed by atoms with Gasteiger partial charge in [0.25, 0.3) is 0 Å². The van der Waals surface area contributed by atoms with Crippen molar-refractivity contribution in [3.8, 4) is 11.4 Å². The first-order chi connectivity index (χ1) is 13.1. The minimum Gasteiger partial charge on any atom is -0.465 e. The van der Waals surface area contributed by atoms with Gasteiger partial charge in [0.1, 0.15) is 0 Å². The normalized spacial score (nSPS) is 10.3. The zero-order valence-corrected chi connectivity index (χ0v) is 15.7. The molecule has 3 rings (SSSR count). The number of esters is 1. The number of nitrogens with one attached hydrogen (secondary N) is 2. The lowest BCUT2D eigenvalue weighted by Crippen LogP contribution is -2.28. The molecule has 3 aromatic rings. The predicted molar refractivity (Wildman–Crippen MR) is 105 cm³/mol. The summed E-state index contributed by atoms with van der Waals surface area (Å²) in [6, 6.07) is 14.8. The van der Waals surface area contributed by atoms with Gasteiger partial charge in [0, 0.05) is 11.3 Å². The van der Waals surface area contributed by atoms with Crippen LogP contribution in [0.25, 0.3) is 11.4 Å². The Morgan fingerprint density at radius 1 is 1.22 bits per heavy atom. The number of anilines is 1. The number of thiocarbonyl (C=S) groups is 1. The highest BCUT2D eigenvalue weighted by Crippen LogP contribution is 2.18. The zero-order chi connectivity index (χ0) is 19.2. The van der Waals surface area contributed by atoms with Crippen molar-refractivity contribution in [2.75, 3.05) is 12.4 Å². The molecule has 0 radical (unpaired) electrons. The standard InChI is InChI=1S/C19H18N4O3S/c1-12-8-9-14(18(24)25-2)10-15(12)21-19(27)20-11-16-22-17(23-26-16)13-6-4-3-5-7-13/h3-10H,11H2,1-2H3,(H2,20,21,27). The van der Waals surface area contributed by atoms with Crippen LogP contribution in [0.4, 0.5) is 5.69 Å². The van der Waals surface area contributed by atoms with Crippen molar-refractivity contribution in [3.63, 3.8) is 0 Å². The second-order valence-electron chi connectivity index (χ2n) is 5.71. The monoisotopic (exact) mass is 382 g/mol. The molecule has 2 N–H and O–H groups in total. The first-order valence-electron chi connectivity index (χ1n) is 8.18. The Kier molecular flexibility index (Phi) is 5.77. The summed E-state index contributed by atoms with van der Waals surface area (Å²) in [4.78, 5) is 16.0. The van der Waals surface area contributed by atoms with Crippen LogP contribution in [0.15, 0.2) is 53.1 Å². The largest absolute Gasteiger partial charge is 0.465 e. The molecule has 0 aliphatic carbocycles. The Bertz CT molecular complexity index is 957. The van der Waals surface area contributed by atoms with Gasteiger partial charge in [0.05, 0.1) is 19.2 Å². The third-order valence-corrected chi connectivity index (χ3v) is 4.05.